The number of para-hydroxylation sites is 1. The topological polar surface area (TPSA) is 45.3 Å². The van der Waals surface area contributed by atoms with Crippen molar-refractivity contribution in [3.8, 4) is 5.75 Å². The van der Waals surface area contributed by atoms with Gasteiger partial charge in [-0.25, -0.2) is 0 Å². The van der Waals surface area contributed by atoms with E-state index in [1.807, 2.05) is 36.4 Å². The van der Waals surface area contributed by atoms with Crippen LogP contribution < -0.4 is 4.74 Å². The Morgan fingerprint density at radius 1 is 1.06 bits per heavy atom. The van der Waals surface area contributed by atoms with E-state index < -0.39 is 0 Å². The van der Waals surface area contributed by atoms with Crippen LogP contribution in [0.2, 0.25) is 0 Å². The molecule has 2 aliphatic rings. The maximum absolute atomic E-state index is 13.4. The van der Waals surface area contributed by atoms with E-state index in [4.69, 9.17) is 4.74 Å². The predicted octanol–water partition coefficient (Wildman–Crippen LogP) is 5.68. The number of methoxy groups -OCH3 is 1. The molecule has 34 heavy (non-hydrogen) atoms. The zero-order valence-corrected chi connectivity index (χ0v) is 19.8. The second-order valence-corrected chi connectivity index (χ2v) is 9.91. The van der Waals surface area contributed by atoms with Crippen LogP contribution in [0.25, 0.3) is 10.9 Å². The molecule has 0 radical (unpaired) electrons. The molecule has 4 aromatic rings. The Morgan fingerprint density at radius 2 is 1.88 bits per heavy atom. The molecule has 1 fully saturated rings. The van der Waals surface area contributed by atoms with Gasteiger partial charge in [-0.3, -0.25) is 4.79 Å². The van der Waals surface area contributed by atoms with Crippen molar-refractivity contribution in [3.05, 3.63) is 101 Å². The molecule has 0 saturated carbocycles. The molecule has 1 N–H and O–H groups in total. The number of aryl methyl sites for hydroxylation is 1. The van der Waals surface area contributed by atoms with Crippen LogP contribution in [0.4, 0.5) is 0 Å². The van der Waals surface area contributed by atoms with Gasteiger partial charge in [0.1, 0.15) is 5.75 Å². The molecule has 6 rings (SSSR count). The second-order valence-electron chi connectivity index (χ2n) is 9.91. The standard InChI is InChI=1S/C30H30N2O2/c1-20-8-6-13-25-26-17-23-19-32(29(33)21-9-4-3-5-10-21)15-14-30(23,18-27(26)31-28(20)25)22-11-7-12-24(16-22)34-2/h3-13,16,23,31H,14-15,17-19H2,1-2H3/t23?,30-/m1/s1. The van der Waals surface area contributed by atoms with Gasteiger partial charge in [-0.1, -0.05) is 48.5 Å². The fourth-order valence-electron chi connectivity index (χ4n) is 6.35. The number of nitrogens with one attached hydrogen (secondary N) is 1. The van der Waals surface area contributed by atoms with Gasteiger partial charge in [0.05, 0.1) is 7.11 Å². The molecule has 4 heteroatoms. The molecule has 1 aliphatic heterocycles. The molecule has 2 atom stereocenters. The van der Waals surface area contributed by atoms with E-state index >= 15 is 0 Å². The van der Waals surface area contributed by atoms with E-state index in [9.17, 15) is 4.79 Å². The number of ether oxygens (including phenoxy) is 1. The number of piperidine rings is 1. The van der Waals surface area contributed by atoms with Crippen LogP contribution in [-0.2, 0) is 18.3 Å². The number of fused-ring (bicyclic) bond motifs is 4. The summed E-state index contributed by atoms with van der Waals surface area (Å²) in [5.41, 5.74) is 7.39. The fraction of sp³-hybridized carbons (Fsp3) is 0.300. The molecule has 4 nitrogen and oxygen atoms in total. The minimum Gasteiger partial charge on any atom is -0.497 e. The molecule has 1 aromatic heterocycles. The molecule has 172 valence electrons. The first-order chi connectivity index (χ1) is 16.6. The van der Waals surface area contributed by atoms with E-state index in [2.05, 4.69) is 53.2 Å². The molecule has 3 aromatic carbocycles. The van der Waals surface area contributed by atoms with Crippen molar-refractivity contribution in [1.29, 1.82) is 0 Å². The quantitative estimate of drug-likeness (QED) is 0.436. The van der Waals surface area contributed by atoms with Crippen molar-refractivity contribution in [2.45, 2.75) is 31.6 Å². The lowest BCUT2D eigenvalue weighted by molar-refractivity contribution is 0.0501. The SMILES string of the molecule is COc1cccc([C@]23CCN(C(=O)c4ccccc4)CC2Cc2c([nH]c4c(C)cccc24)C3)c1. The van der Waals surface area contributed by atoms with E-state index in [1.54, 1.807) is 7.11 Å². The Kier molecular flexibility index (Phi) is 4.98. The first-order valence-corrected chi connectivity index (χ1v) is 12.2. The van der Waals surface area contributed by atoms with Crippen LogP contribution in [0.3, 0.4) is 0 Å². The first kappa shape index (κ1) is 21.0. The Labute approximate surface area is 200 Å². The van der Waals surface area contributed by atoms with Crippen LogP contribution in [0.1, 0.15) is 39.2 Å². The number of carbonyl (C=O) groups is 1. The Balaban J connectivity index is 1.44. The van der Waals surface area contributed by atoms with Crippen molar-refractivity contribution >= 4 is 16.8 Å². The molecule has 1 aliphatic carbocycles. The summed E-state index contributed by atoms with van der Waals surface area (Å²) in [6, 6.07) is 24.9. The lowest BCUT2D eigenvalue weighted by Crippen LogP contribution is -2.55. The lowest BCUT2D eigenvalue weighted by atomic mass is 9.58. The van der Waals surface area contributed by atoms with Gasteiger partial charge >= 0.3 is 0 Å². The maximum atomic E-state index is 13.4. The van der Waals surface area contributed by atoms with E-state index in [-0.39, 0.29) is 11.3 Å². The molecule has 0 spiro atoms. The summed E-state index contributed by atoms with van der Waals surface area (Å²) in [5.74, 6) is 1.38. The summed E-state index contributed by atoms with van der Waals surface area (Å²) in [7, 11) is 1.73. The van der Waals surface area contributed by atoms with Gasteiger partial charge < -0.3 is 14.6 Å². The highest BCUT2D eigenvalue weighted by Gasteiger charge is 2.49. The molecule has 0 bridgehead atoms. The average molecular weight is 451 g/mol. The predicted molar refractivity (Wildman–Crippen MR) is 136 cm³/mol. The number of amides is 1. The van der Waals surface area contributed by atoms with Crippen LogP contribution in [0.5, 0.6) is 5.75 Å². The second kappa shape index (κ2) is 8.05. The highest BCUT2D eigenvalue weighted by Crippen LogP contribution is 2.50. The van der Waals surface area contributed by atoms with Crippen LogP contribution in [0, 0.1) is 12.8 Å². The van der Waals surface area contributed by atoms with Crippen molar-refractivity contribution < 1.29 is 9.53 Å². The van der Waals surface area contributed by atoms with Gasteiger partial charge in [0.15, 0.2) is 0 Å². The number of aromatic nitrogens is 1. The third-order valence-corrected chi connectivity index (χ3v) is 8.18. The van der Waals surface area contributed by atoms with E-state index in [1.165, 1.54) is 33.3 Å². The van der Waals surface area contributed by atoms with Gasteiger partial charge in [-0.05, 0) is 73.1 Å². The number of likely N-dealkylation sites (tertiary alicyclic amines) is 1. The number of aromatic amines is 1. The van der Waals surface area contributed by atoms with Crippen LogP contribution in [0.15, 0.2) is 72.8 Å². The van der Waals surface area contributed by atoms with Gasteiger partial charge in [-0.2, -0.15) is 0 Å². The number of nitrogens with zero attached hydrogens (tertiary/aromatic N) is 1. The summed E-state index contributed by atoms with van der Waals surface area (Å²) >= 11 is 0. The first-order valence-electron chi connectivity index (χ1n) is 12.2. The van der Waals surface area contributed by atoms with E-state index in [0.717, 1.165) is 43.7 Å². The molecular weight excluding hydrogens is 420 g/mol. The number of carbonyl (C=O) groups excluding carboxylic acids is 1. The smallest absolute Gasteiger partial charge is 0.253 e. The summed E-state index contributed by atoms with van der Waals surface area (Å²) in [6.07, 6.45) is 2.87. The molecule has 2 heterocycles. The number of hydrogen-bond donors (Lipinski definition) is 1. The molecule has 1 unspecified atom stereocenters. The normalized spacial score (nSPS) is 21.7. The van der Waals surface area contributed by atoms with Gasteiger partial charge in [-0.15, -0.1) is 0 Å². The summed E-state index contributed by atoms with van der Waals surface area (Å²) in [6.45, 7) is 3.70. The number of rotatable bonds is 3. The van der Waals surface area contributed by atoms with E-state index in [0.29, 0.717) is 5.92 Å². The molecular formula is C30H30N2O2. The monoisotopic (exact) mass is 450 g/mol. The zero-order valence-electron chi connectivity index (χ0n) is 19.8. The van der Waals surface area contributed by atoms with Crippen LogP contribution in [-0.4, -0.2) is 36.0 Å². The highest BCUT2D eigenvalue weighted by molar-refractivity contribution is 5.94. The average Bonchev–Trinajstić information content (AvgIpc) is 3.25. The van der Waals surface area contributed by atoms with Crippen molar-refractivity contribution in [2.24, 2.45) is 5.92 Å². The van der Waals surface area contributed by atoms with Crippen LogP contribution >= 0.6 is 0 Å². The zero-order chi connectivity index (χ0) is 23.3. The summed E-state index contributed by atoms with van der Waals surface area (Å²) < 4.78 is 5.60. The number of hydrogen-bond acceptors (Lipinski definition) is 2. The Bertz CT molecular complexity index is 1370. The minimum atomic E-state index is -0.0240. The number of H-pyrrole nitrogens is 1. The minimum absolute atomic E-state index is 0.0240. The third-order valence-electron chi connectivity index (χ3n) is 8.18. The summed E-state index contributed by atoms with van der Waals surface area (Å²) in [4.78, 5) is 19.2. The highest BCUT2D eigenvalue weighted by atomic mass is 16.5. The fourth-order valence-corrected chi connectivity index (χ4v) is 6.35. The third kappa shape index (κ3) is 3.24. The largest absolute Gasteiger partial charge is 0.497 e. The Hall–Kier alpha value is -3.53. The van der Waals surface area contributed by atoms with Gasteiger partial charge in [0.25, 0.3) is 5.91 Å². The Morgan fingerprint density at radius 3 is 2.71 bits per heavy atom. The van der Waals surface area contributed by atoms with Crippen molar-refractivity contribution in [1.82, 2.24) is 9.88 Å². The van der Waals surface area contributed by atoms with Gasteiger partial charge in [0.2, 0.25) is 0 Å². The summed E-state index contributed by atoms with van der Waals surface area (Å²) in [5, 5.41) is 1.33. The molecule has 1 amide bonds. The van der Waals surface area contributed by atoms with Gasteiger partial charge in [0, 0.05) is 40.7 Å². The lowest BCUT2D eigenvalue weighted by Gasteiger charge is -2.51. The molecule has 1 saturated heterocycles. The number of benzene rings is 3. The van der Waals surface area contributed by atoms with Crippen molar-refractivity contribution in [3.63, 3.8) is 0 Å². The maximum Gasteiger partial charge on any atom is 0.253 e. The van der Waals surface area contributed by atoms with Crippen molar-refractivity contribution in [2.75, 3.05) is 20.2 Å².